The van der Waals surface area contributed by atoms with Crippen LogP contribution in [0.2, 0.25) is 0 Å². The SMILES string of the molecule is O=C(Nc1c(F)cccc1F)N(CCO)C1CCc2ccccc21. The minimum Gasteiger partial charge on any atom is -0.395 e. The largest absolute Gasteiger partial charge is 0.395 e. The first kappa shape index (κ1) is 16.4. The van der Waals surface area contributed by atoms with Gasteiger partial charge in [0.1, 0.15) is 17.3 Å². The number of urea groups is 1. The van der Waals surface area contributed by atoms with Crippen LogP contribution in [-0.2, 0) is 6.42 Å². The van der Waals surface area contributed by atoms with Crippen molar-refractivity contribution < 1.29 is 18.7 Å². The summed E-state index contributed by atoms with van der Waals surface area (Å²) < 4.78 is 27.5. The molecule has 1 atom stereocenters. The number of amides is 2. The first-order valence-corrected chi connectivity index (χ1v) is 7.82. The highest BCUT2D eigenvalue weighted by atomic mass is 19.1. The van der Waals surface area contributed by atoms with Gasteiger partial charge in [-0.25, -0.2) is 13.6 Å². The number of hydrogen-bond donors (Lipinski definition) is 2. The van der Waals surface area contributed by atoms with Gasteiger partial charge in [0.25, 0.3) is 0 Å². The molecule has 0 bridgehead atoms. The maximum Gasteiger partial charge on any atom is 0.322 e. The molecule has 0 saturated carbocycles. The number of nitrogens with zero attached hydrogens (tertiary/aromatic N) is 1. The topological polar surface area (TPSA) is 52.6 Å². The summed E-state index contributed by atoms with van der Waals surface area (Å²) in [6.45, 7) is -0.146. The molecule has 0 aromatic heterocycles. The fraction of sp³-hybridized carbons (Fsp3) is 0.278. The Morgan fingerprint density at radius 1 is 1.17 bits per heavy atom. The van der Waals surface area contributed by atoms with Crippen molar-refractivity contribution >= 4 is 11.7 Å². The average Bonchev–Trinajstić information content (AvgIpc) is 3.00. The minimum absolute atomic E-state index is 0.0842. The Kier molecular flexibility index (Phi) is 4.76. The predicted molar refractivity (Wildman–Crippen MR) is 86.7 cm³/mol. The fourth-order valence-electron chi connectivity index (χ4n) is 3.16. The van der Waals surface area contributed by atoms with Gasteiger partial charge in [0.05, 0.1) is 12.6 Å². The summed E-state index contributed by atoms with van der Waals surface area (Å²) in [7, 11) is 0. The molecule has 0 fully saturated rings. The monoisotopic (exact) mass is 332 g/mol. The number of benzene rings is 2. The lowest BCUT2D eigenvalue weighted by molar-refractivity contribution is 0.162. The summed E-state index contributed by atoms with van der Waals surface area (Å²) in [5.41, 5.74) is 1.68. The Hall–Kier alpha value is -2.47. The molecule has 0 spiro atoms. The standard InChI is InChI=1S/C18H18F2N2O2/c19-14-6-3-7-15(20)17(14)21-18(24)22(10-11-23)16-9-8-12-4-1-2-5-13(12)16/h1-7,16,23H,8-11H2,(H,21,24). The van der Waals surface area contributed by atoms with E-state index in [-0.39, 0.29) is 19.2 Å². The number of carbonyl (C=O) groups excluding carboxylic acids is 1. The lowest BCUT2D eigenvalue weighted by Crippen LogP contribution is -2.39. The van der Waals surface area contributed by atoms with Crippen LogP contribution >= 0.6 is 0 Å². The number of fused-ring (bicyclic) bond motifs is 1. The van der Waals surface area contributed by atoms with E-state index in [9.17, 15) is 18.7 Å². The average molecular weight is 332 g/mol. The molecule has 0 saturated heterocycles. The van der Waals surface area contributed by atoms with Crippen molar-refractivity contribution in [3.8, 4) is 0 Å². The molecule has 24 heavy (non-hydrogen) atoms. The van der Waals surface area contributed by atoms with Gasteiger partial charge in [-0.2, -0.15) is 0 Å². The third-order valence-electron chi connectivity index (χ3n) is 4.27. The molecular formula is C18H18F2N2O2. The number of anilines is 1. The van der Waals surface area contributed by atoms with E-state index in [2.05, 4.69) is 5.32 Å². The number of nitrogens with one attached hydrogen (secondary N) is 1. The van der Waals surface area contributed by atoms with Gasteiger partial charge in [-0.3, -0.25) is 0 Å². The number of aryl methyl sites for hydroxylation is 1. The molecule has 2 aromatic carbocycles. The molecule has 2 aromatic rings. The first-order chi connectivity index (χ1) is 11.6. The number of para-hydroxylation sites is 1. The summed E-state index contributed by atoms with van der Waals surface area (Å²) in [5.74, 6) is -1.67. The van der Waals surface area contributed by atoms with Crippen molar-refractivity contribution in [1.82, 2.24) is 4.90 Å². The van der Waals surface area contributed by atoms with Gasteiger partial charge in [-0.05, 0) is 36.1 Å². The van der Waals surface area contributed by atoms with Crippen LogP contribution < -0.4 is 5.32 Å². The Morgan fingerprint density at radius 2 is 1.88 bits per heavy atom. The highest BCUT2D eigenvalue weighted by Gasteiger charge is 2.31. The van der Waals surface area contributed by atoms with E-state index in [0.717, 1.165) is 29.7 Å². The number of rotatable bonds is 4. The molecule has 1 aliphatic carbocycles. The molecule has 1 aliphatic rings. The molecular weight excluding hydrogens is 314 g/mol. The van der Waals surface area contributed by atoms with Gasteiger partial charge in [-0.15, -0.1) is 0 Å². The van der Waals surface area contributed by atoms with E-state index in [1.54, 1.807) is 0 Å². The van der Waals surface area contributed by atoms with E-state index < -0.39 is 23.4 Å². The Balaban J connectivity index is 1.85. The fourth-order valence-corrected chi connectivity index (χ4v) is 3.16. The van der Waals surface area contributed by atoms with Crippen LogP contribution in [0.1, 0.15) is 23.6 Å². The third kappa shape index (κ3) is 3.10. The molecule has 3 rings (SSSR count). The first-order valence-electron chi connectivity index (χ1n) is 7.82. The Labute approximate surface area is 138 Å². The lowest BCUT2D eigenvalue weighted by atomic mass is 10.1. The maximum absolute atomic E-state index is 13.8. The molecule has 126 valence electrons. The number of halogens is 2. The van der Waals surface area contributed by atoms with E-state index in [0.29, 0.717) is 6.42 Å². The lowest BCUT2D eigenvalue weighted by Gasteiger charge is -2.29. The zero-order chi connectivity index (χ0) is 17.1. The zero-order valence-electron chi connectivity index (χ0n) is 13.0. The van der Waals surface area contributed by atoms with Crippen LogP contribution in [-0.4, -0.2) is 29.2 Å². The van der Waals surface area contributed by atoms with Gasteiger partial charge in [0.15, 0.2) is 0 Å². The molecule has 0 heterocycles. The number of aliphatic hydroxyl groups is 1. The highest BCUT2D eigenvalue weighted by Crippen LogP contribution is 2.36. The number of hydrogen-bond acceptors (Lipinski definition) is 2. The van der Waals surface area contributed by atoms with Crippen molar-refractivity contribution in [2.24, 2.45) is 0 Å². The number of carbonyl (C=O) groups is 1. The van der Waals surface area contributed by atoms with Gasteiger partial charge < -0.3 is 15.3 Å². The second-order valence-electron chi connectivity index (χ2n) is 5.70. The quantitative estimate of drug-likeness (QED) is 0.901. The summed E-state index contributed by atoms with van der Waals surface area (Å²) in [5, 5.41) is 11.6. The normalized spacial score (nSPS) is 15.9. The maximum atomic E-state index is 13.8. The van der Waals surface area contributed by atoms with Crippen LogP contribution in [0.4, 0.5) is 19.3 Å². The van der Waals surface area contributed by atoms with Gasteiger partial charge >= 0.3 is 6.03 Å². The summed E-state index contributed by atoms with van der Waals surface area (Å²) >= 11 is 0. The molecule has 2 amide bonds. The smallest absolute Gasteiger partial charge is 0.322 e. The van der Waals surface area contributed by atoms with Crippen LogP contribution in [0.25, 0.3) is 0 Å². The van der Waals surface area contributed by atoms with E-state index in [1.807, 2.05) is 24.3 Å². The highest BCUT2D eigenvalue weighted by molar-refractivity contribution is 5.90. The van der Waals surface area contributed by atoms with E-state index in [4.69, 9.17) is 0 Å². The Bertz CT molecular complexity index is 731. The van der Waals surface area contributed by atoms with Gasteiger partial charge in [-0.1, -0.05) is 30.3 Å². The van der Waals surface area contributed by atoms with E-state index in [1.165, 1.54) is 11.0 Å². The molecule has 4 nitrogen and oxygen atoms in total. The number of aliphatic hydroxyl groups excluding tert-OH is 1. The van der Waals surface area contributed by atoms with Gasteiger partial charge in [0, 0.05) is 6.54 Å². The van der Waals surface area contributed by atoms with Crippen LogP contribution in [0.15, 0.2) is 42.5 Å². The van der Waals surface area contributed by atoms with Crippen molar-refractivity contribution in [3.63, 3.8) is 0 Å². The van der Waals surface area contributed by atoms with Crippen LogP contribution in [0, 0.1) is 11.6 Å². The summed E-state index contributed by atoms with van der Waals surface area (Å²) in [4.78, 5) is 14.0. The second kappa shape index (κ2) is 6.97. The van der Waals surface area contributed by atoms with Crippen molar-refractivity contribution in [1.29, 1.82) is 0 Å². The summed E-state index contributed by atoms with van der Waals surface area (Å²) in [6, 6.07) is 10.3. The van der Waals surface area contributed by atoms with Crippen LogP contribution in [0.3, 0.4) is 0 Å². The Morgan fingerprint density at radius 3 is 2.58 bits per heavy atom. The van der Waals surface area contributed by atoms with Crippen molar-refractivity contribution in [2.45, 2.75) is 18.9 Å². The van der Waals surface area contributed by atoms with Crippen molar-refractivity contribution in [3.05, 3.63) is 65.2 Å². The molecule has 1 unspecified atom stereocenters. The van der Waals surface area contributed by atoms with E-state index >= 15 is 0 Å². The second-order valence-corrected chi connectivity index (χ2v) is 5.70. The van der Waals surface area contributed by atoms with Crippen LogP contribution in [0.5, 0.6) is 0 Å². The predicted octanol–water partition coefficient (Wildman–Crippen LogP) is 3.48. The molecule has 0 radical (unpaired) electrons. The molecule has 0 aliphatic heterocycles. The summed E-state index contributed by atoms with van der Waals surface area (Å²) in [6.07, 6.45) is 1.54. The van der Waals surface area contributed by atoms with Gasteiger partial charge in [0.2, 0.25) is 0 Å². The third-order valence-corrected chi connectivity index (χ3v) is 4.27. The van der Waals surface area contributed by atoms with Crippen molar-refractivity contribution in [2.75, 3.05) is 18.5 Å². The zero-order valence-corrected chi connectivity index (χ0v) is 13.0. The molecule has 2 N–H and O–H groups in total. The minimum atomic E-state index is -0.834. The molecule has 6 heteroatoms.